The number of hydrogen-bond acceptors (Lipinski definition) is 7. The molecule has 1 aromatic carbocycles. The second kappa shape index (κ2) is 8.79. The lowest BCUT2D eigenvalue weighted by atomic mass is 10.1. The first-order valence-electron chi connectivity index (χ1n) is 8.97. The fraction of sp³-hybridized carbons (Fsp3) is 0.316. The van der Waals surface area contributed by atoms with Crippen LogP contribution < -0.4 is 5.32 Å². The molecule has 3 rings (SSSR count). The van der Waals surface area contributed by atoms with Crippen molar-refractivity contribution in [2.45, 2.75) is 26.8 Å². The lowest BCUT2D eigenvalue weighted by Crippen LogP contribution is -2.23. The zero-order chi connectivity index (χ0) is 20.1. The summed E-state index contributed by atoms with van der Waals surface area (Å²) in [5, 5.41) is 23.4. The highest BCUT2D eigenvalue weighted by atomic mass is 35.5. The largest absolute Gasteiger partial charge is 0.430 e. The number of nitro groups is 1. The first-order chi connectivity index (χ1) is 13.5. The van der Waals surface area contributed by atoms with Crippen molar-refractivity contribution in [3.63, 3.8) is 0 Å². The predicted octanol–water partition coefficient (Wildman–Crippen LogP) is 4.20. The average molecular weight is 401 g/mol. The van der Waals surface area contributed by atoms with Crippen LogP contribution in [0.4, 0.5) is 5.69 Å². The molecule has 0 spiro atoms. The van der Waals surface area contributed by atoms with Gasteiger partial charge >= 0.3 is 5.82 Å². The van der Waals surface area contributed by atoms with Crippen LogP contribution >= 0.6 is 11.6 Å². The molecule has 0 amide bonds. The van der Waals surface area contributed by atoms with E-state index in [2.05, 4.69) is 20.5 Å². The quantitative estimate of drug-likeness (QED) is 0.339. The van der Waals surface area contributed by atoms with Crippen molar-refractivity contribution >= 4 is 17.3 Å². The fourth-order valence-corrected chi connectivity index (χ4v) is 3.16. The van der Waals surface area contributed by atoms with Crippen LogP contribution in [0.25, 0.3) is 0 Å². The summed E-state index contributed by atoms with van der Waals surface area (Å²) >= 11 is 5.82. The van der Waals surface area contributed by atoms with Crippen LogP contribution in [0.1, 0.15) is 23.6 Å². The molecule has 2 heterocycles. The van der Waals surface area contributed by atoms with Gasteiger partial charge in [0.15, 0.2) is 0 Å². The van der Waals surface area contributed by atoms with Gasteiger partial charge in [0.2, 0.25) is 5.82 Å². The summed E-state index contributed by atoms with van der Waals surface area (Å²) in [6.07, 6.45) is 2.43. The number of halogens is 1. The van der Waals surface area contributed by atoms with Crippen LogP contribution in [0.2, 0.25) is 5.15 Å². The van der Waals surface area contributed by atoms with Crippen molar-refractivity contribution < 1.29 is 4.92 Å². The van der Waals surface area contributed by atoms with Gasteiger partial charge in [0.25, 0.3) is 0 Å². The molecule has 0 radical (unpaired) electrons. The molecule has 1 aliphatic heterocycles. The van der Waals surface area contributed by atoms with Gasteiger partial charge in [-0.1, -0.05) is 42.8 Å². The summed E-state index contributed by atoms with van der Waals surface area (Å²) in [6, 6.07) is 9.36. The van der Waals surface area contributed by atoms with E-state index >= 15 is 0 Å². The minimum Gasteiger partial charge on any atom is -0.363 e. The highest BCUT2D eigenvalue weighted by molar-refractivity contribution is 6.29. The Hall–Kier alpha value is -3.00. The van der Waals surface area contributed by atoms with E-state index in [0.29, 0.717) is 36.3 Å². The van der Waals surface area contributed by atoms with E-state index in [4.69, 9.17) is 11.6 Å². The van der Waals surface area contributed by atoms with E-state index < -0.39 is 4.92 Å². The minimum absolute atomic E-state index is 0.301. The van der Waals surface area contributed by atoms with E-state index in [-0.39, 0.29) is 5.82 Å². The van der Waals surface area contributed by atoms with Crippen LogP contribution in [0, 0.1) is 17.0 Å². The van der Waals surface area contributed by atoms with E-state index in [1.807, 2.05) is 43.0 Å². The lowest BCUT2D eigenvalue weighted by Gasteiger charge is -2.17. The van der Waals surface area contributed by atoms with E-state index in [1.54, 1.807) is 12.3 Å². The van der Waals surface area contributed by atoms with Crippen molar-refractivity contribution in [2.75, 3.05) is 13.1 Å². The van der Waals surface area contributed by atoms with E-state index in [9.17, 15) is 10.1 Å². The van der Waals surface area contributed by atoms with Crippen LogP contribution in [0.5, 0.6) is 0 Å². The summed E-state index contributed by atoms with van der Waals surface area (Å²) in [7, 11) is 0. The van der Waals surface area contributed by atoms with E-state index in [1.165, 1.54) is 0 Å². The Kier molecular flexibility index (Phi) is 6.20. The zero-order valence-corrected chi connectivity index (χ0v) is 16.5. The van der Waals surface area contributed by atoms with E-state index in [0.717, 1.165) is 23.1 Å². The third-order valence-electron chi connectivity index (χ3n) is 4.48. The van der Waals surface area contributed by atoms with Crippen molar-refractivity contribution in [3.8, 4) is 0 Å². The molecule has 9 heteroatoms. The van der Waals surface area contributed by atoms with Gasteiger partial charge in [-0.05, 0) is 46.1 Å². The monoisotopic (exact) mass is 400 g/mol. The topological polar surface area (TPSA) is 96.0 Å². The maximum Gasteiger partial charge on any atom is 0.430 e. The molecule has 1 fully saturated rings. The van der Waals surface area contributed by atoms with Crippen LogP contribution in [0.3, 0.4) is 0 Å². The van der Waals surface area contributed by atoms with Gasteiger partial charge in [-0.15, -0.1) is 0 Å². The molecule has 0 aliphatic carbocycles. The average Bonchev–Trinajstić information content (AvgIpc) is 3.12. The molecule has 1 aliphatic rings. The van der Waals surface area contributed by atoms with Crippen LogP contribution in [-0.2, 0) is 13.0 Å². The van der Waals surface area contributed by atoms with Gasteiger partial charge in [0.1, 0.15) is 10.8 Å². The summed E-state index contributed by atoms with van der Waals surface area (Å²) in [5.74, 6) is 0.0556. The number of aryl methyl sites for hydroxylation is 2. The molecule has 0 bridgehead atoms. The van der Waals surface area contributed by atoms with Gasteiger partial charge in [0.05, 0.1) is 5.11 Å². The summed E-state index contributed by atoms with van der Waals surface area (Å²) in [5.41, 5.74) is 3.51. The smallest absolute Gasteiger partial charge is 0.363 e. The Morgan fingerprint density at radius 3 is 2.89 bits per heavy atom. The summed E-state index contributed by atoms with van der Waals surface area (Å²) in [6.45, 7) is 5.61. The van der Waals surface area contributed by atoms with Gasteiger partial charge < -0.3 is 20.3 Å². The van der Waals surface area contributed by atoms with Gasteiger partial charge in [-0.2, -0.15) is 0 Å². The Bertz CT molecular complexity index is 927. The molecule has 28 heavy (non-hydrogen) atoms. The first-order valence-corrected chi connectivity index (χ1v) is 9.35. The number of azo groups is 1. The number of hydrogen-bond donors (Lipinski definition) is 1. The Balaban J connectivity index is 1.92. The van der Waals surface area contributed by atoms with Crippen LogP contribution in [-0.4, -0.2) is 27.9 Å². The third-order valence-corrected chi connectivity index (χ3v) is 4.71. The molecule has 0 unspecified atom stereocenters. The normalized spacial score (nSPS) is 15.8. The number of benzene rings is 1. The maximum atomic E-state index is 11.7. The molecule has 146 valence electrons. The Morgan fingerprint density at radius 1 is 1.39 bits per heavy atom. The van der Waals surface area contributed by atoms with Crippen molar-refractivity contribution in [2.24, 2.45) is 10.2 Å². The Labute approximate surface area is 168 Å². The van der Waals surface area contributed by atoms with Crippen molar-refractivity contribution in [1.82, 2.24) is 15.2 Å². The SMILES string of the molecule is CCc1cccc(C)c1/N=N/C(=C1/NCCN1Cc1ccc(Cl)nc1)[N+](=O)[O-]. The maximum absolute atomic E-state index is 11.7. The highest BCUT2D eigenvalue weighted by Crippen LogP contribution is 2.26. The lowest BCUT2D eigenvalue weighted by molar-refractivity contribution is -0.429. The Morgan fingerprint density at radius 2 is 2.21 bits per heavy atom. The predicted molar refractivity (Wildman–Crippen MR) is 107 cm³/mol. The molecule has 2 aromatic rings. The molecule has 0 saturated carbocycles. The van der Waals surface area contributed by atoms with Gasteiger partial charge in [-0.25, -0.2) is 4.98 Å². The summed E-state index contributed by atoms with van der Waals surface area (Å²) in [4.78, 5) is 17.1. The second-order valence-electron chi connectivity index (χ2n) is 6.40. The first kappa shape index (κ1) is 19.8. The highest BCUT2D eigenvalue weighted by Gasteiger charge is 2.28. The zero-order valence-electron chi connectivity index (χ0n) is 15.7. The number of rotatable bonds is 6. The minimum atomic E-state index is -0.506. The standard InChI is InChI=1S/C19H21ClN6O2/c1-3-15-6-4-5-13(2)17(15)23-24-19(26(27)28)18-21-9-10-25(18)12-14-7-8-16(20)22-11-14/h4-8,11,21H,3,9-10,12H2,1-2H3/b19-18+,24-23+. The number of aromatic nitrogens is 1. The van der Waals surface area contributed by atoms with Crippen molar-refractivity contribution in [1.29, 1.82) is 0 Å². The van der Waals surface area contributed by atoms with Gasteiger partial charge in [-0.3, -0.25) is 0 Å². The summed E-state index contributed by atoms with van der Waals surface area (Å²) < 4.78 is 0. The van der Waals surface area contributed by atoms with Gasteiger partial charge in [0, 0.05) is 25.8 Å². The molecular weight excluding hydrogens is 380 g/mol. The van der Waals surface area contributed by atoms with Crippen LogP contribution in [0.15, 0.2) is 58.4 Å². The molecule has 8 nitrogen and oxygen atoms in total. The number of nitrogens with zero attached hydrogens (tertiary/aromatic N) is 5. The second-order valence-corrected chi connectivity index (χ2v) is 6.79. The molecular formula is C19H21ClN6O2. The van der Waals surface area contributed by atoms with Crippen molar-refractivity contribution in [3.05, 3.63) is 80.1 Å². The fourth-order valence-electron chi connectivity index (χ4n) is 3.05. The molecule has 1 aromatic heterocycles. The third kappa shape index (κ3) is 4.45. The number of nitrogens with one attached hydrogen (secondary N) is 1. The number of pyridine rings is 1. The molecule has 1 N–H and O–H groups in total. The molecule has 0 atom stereocenters. The molecule has 1 saturated heterocycles.